The van der Waals surface area contributed by atoms with E-state index in [1.165, 1.54) is 23.7 Å². The molecule has 0 atom stereocenters. The fraction of sp³-hybridized carbons (Fsp3) is 0. The lowest BCUT2D eigenvalue weighted by Gasteiger charge is -2.05. The van der Waals surface area contributed by atoms with Crippen LogP contribution in [-0.2, 0) is 0 Å². The summed E-state index contributed by atoms with van der Waals surface area (Å²) in [4.78, 5) is 27.9. The van der Waals surface area contributed by atoms with Crippen LogP contribution in [0.4, 0.5) is 5.69 Å². The number of hydrogen-bond acceptors (Lipinski definition) is 7. The third-order valence-corrected chi connectivity index (χ3v) is 3.74. The van der Waals surface area contributed by atoms with E-state index < -0.39 is 0 Å². The molecule has 0 saturated carbocycles. The van der Waals surface area contributed by atoms with Gasteiger partial charge in [0.2, 0.25) is 5.95 Å². The van der Waals surface area contributed by atoms with Gasteiger partial charge in [-0.05, 0) is 17.3 Å². The molecule has 106 valence electrons. The molecule has 0 N–H and O–H groups in total. The Labute approximate surface area is 128 Å². The lowest BCUT2D eigenvalue weighted by Crippen LogP contribution is -2.02. The highest BCUT2D eigenvalue weighted by molar-refractivity contribution is 7.07. The van der Waals surface area contributed by atoms with Gasteiger partial charge in [-0.15, -0.1) is 16.2 Å². The third-order valence-electron chi connectivity index (χ3n) is 3.15. The molecule has 0 aliphatic heterocycles. The minimum Gasteiger partial charge on any atom is -0.259 e. The number of para-hydroxylation sites is 2. The zero-order valence-electron chi connectivity index (χ0n) is 11.1. The minimum absolute atomic E-state index is 0.184. The molecule has 0 spiro atoms. The van der Waals surface area contributed by atoms with Gasteiger partial charge >= 0.3 is 0 Å². The number of nitroso groups, excluding NO2 is 1. The van der Waals surface area contributed by atoms with Crippen LogP contribution in [0.15, 0.2) is 52.7 Å². The van der Waals surface area contributed by atoms with Gasteiger partial charge in [0.05, 0.1) is 28.9 Å². The summed E-state index contributed by atoms with van der Waals surface area (Å²) in [5.41, 5.74) is 4.38. The predicted octanol–water partition coefficient (Wildman–Crippen LogP) is 3.34. The van der Waals surface area contributed by atoms with E-state index in [-0.39, 0.29) is 5.69 Å². The number of hydrogen-bond donors (Lipinski definition) is 0. The van der Waals surface area contributed by atoms with E-state index in [0.717, 1.165) is 16.7 Å². The average molecular weight is 308 g/mol. The predicted molar refractivity (Wildman–Crippen MR) is 83.2 cm³/mol. The van der Waals surface area contributed by atoms with Crippen molar-refractivity contribution >= 4 is 28.1 Å². The molecular formula is C14H8N6OS. The van der Waals surface area contributed by atoms with Gasteiger partial charge in [-0.25, -0.2) is 19.9 Å². The lowest BCUT2D eigenvalue weighted by atomic mass is 10.3. The number of nitrogens with zero attached hydrogens (tertiary/aromatic N) is 6. The molecule has 4 aromatic rings. The van der Waals surface area contributed by atoms with Gasteiger partial charge in [-0.3, -0.25) is 4.57 Å². The molecule has 0 saturated heterocycles. The van der Waals surface area contributed by atoms with Crippen LogP contribution >= 0.6 is 11.3 Å². The maximum atomic E-state index is 10.5. The summed E-state index contributed by atoms with van der Waals surface area (Å²) < 4.78 is 1.82. The SMILES string of the molecule is O=Nc1cnc(-n2c(-c3cscn3)nc3ccccc32)nc1. The van der Waals surface area contributed by atoms with Crippen LogP contribution in [0.2, 0.25) is 0 Å². The van der Waals surface area contributed by atoms with Gasteiger partial charge in [0.1, 0.15) is 11.4 Å². The molecule has 0 amide bonds. The first-order valence-electron chi connectivity index (χ1n) is 6.38. The van der Waals surface area contributed by atoms with Gasteiger partial charge < -0.3 is 0 Å². The van der Waals surface area contributed by atoms with Gasteiger partial charge in [0, 0.05) is 5.38 Å². The zero-order valence-corrected chi connectivity index (χ0v) is 11.9. The molecule has 0 radical (unpaired) electrons. The molecule has 7 nitrogen and oxygen atoms in total. The van der Waals surface area contributed by atoms with Crippen molar-refractivity contribution in [2.24, 2.45) is 5.18 Å². The normalized spacial score (nSPS) is 10.9. The highest BCUT2D eigenvalue weighted by atomic mass is 32.1. The topological polar surface area (TPSA) is 85.9 Å². The Balaban J connectivity index is 2.01. The zero-order chi connectivity index (χ0) is 14.9. The Morgan fingerprint density at radius 2 is 1.91 bits per heavy atom. The van der Waals surface area contributed by atoms with Crippen molar-refractivity contribution < 1.29 is 0 Å². The van der Waals surface area contributed by atoms with Crippen molar-refractivity contribution in [3.05, 3.63) is 52.5 Å². The quantitative estimate of drug-likeness (QED) is 0.542. The molecule has 22 heavy (non-hydrogen) atoms. The van der Waals surface area contributed by atoms with Gasteiger partial charge in [0.15, 0.2) is 5.82 Å². The van der Waals surface area contributed by atoms with Crippen LogP contribution in [0.5, 0.6) is 0 Å². The summed E-state index contributed by atoms with van der Waals surface area (Å²) in [6.45, 7) is 0. The van der Waals surface area contributed by atoms with E-state index in [9.17, 15) is 4.91 Å². The Bertz CT molecular complexity index is 945. The van der Waals surface area contributed by atoms with Crippen molar-refractivity contribution in [2.45, 2.75) is 0 Å². The molecule has 4 rings (SSSR count). The highest BCUT2D eigenvalue weighted by Crippen LogP contribution is 2.27. The van der Waals surface area contributed by atoms with Crippen molar-refractivity contribution in [3.63, 3.8) is 0 Å². The monoisotopic (exact) mass is 308 g/mol. The first kappa shape index (κ1) is 12.7. The molecular weight excluding hydrogens is 300 g/mol. The van der Waals surface area contributed by atoms with Crippen LogP contribution in [0, 0.1) is 4.91 Å². The maximum absolute atomic E-state index is 10.5. The summed E-state index contributed by atoms with van der Waals surface area (Å²) in [6.07, 6.45) is 2.77. The molecule has 3 heterocycles. The Kier molecular flexibility index (Phi) is 2.94. The number of imidazole rings is 1. The van der Waals surface area contributed by atoms with Gasteiger partial charge in [0.25, 0.3) is 0 Å². The second kappa shape index (κ2) is 5.08. The van der Waals surface area contributed by atoms with Gasteiger partial charge in [-0.2, -0.15) is 0 Å². The van der Waals surface area contributed by atoms with E-state index in [0.29, 0.717) is 11.8 Å². The largest absolute Gasteiger partial charge is 0.259 e. The average Bonchev–Trinajstić information content (AvgIpc) is 3.22. The molecule has 0 aliphatic carbocycles. The fourth-order valence-corrected chi connectivity index (χ4v) is 2.73. The van der Waals surface area contributed by atoms with Crippen LogP contribution in [0.1, 0.15) is 0 Å². The number of thiazole rings is 1. The lowest BCUT2D eigenvalue weighted by molar-refractivity contribution is 0.951. The molecule has 1 aromatic carbocycles. The van der Waals surface area contributed by atoms with Crippen molar-refractivity contribution in [3.8, 4) is 17.5 Å². The van der Waals surface area contributed by atoms with Crippen LogP contribution in [-0.4, -0.2) is 24.5 Å². The standard InChI is InChI=1S/C14H8N6OS/c21-19-9-5-15-14(16-6-9)20-12-4-2-1-3-10(12)18-13(20)11-7-22-8-17-11/h1-8H. The molecule has 3 aromatic heterocycles. The van der Waals surface area contributed by atoms with Crippen LogP contribution in [0.25, 0.3) is 28.5 Å². The van der Waals surface area contributed by atoms with Crippen LogP contribution < -0.4 is 0 Å². The number of rotatable bonds is 3. The Morgan fingerprint density at radius 1 is 1.09 bits per heavy atom. The molecule has 0 fully saturated rings. The van der Waals surface area contributed by atoms with E-state index in [1.54, 1.807) is 5.51 Å². The molecule has 0 bridgehead atoms. The molecule has 0 aliphatic rings. The van der Waals surface area contributed by atoms with Crippen molar-refractivity contribution in [1.29, 1.82) is 0 Å². The summed E-state index contributed by atoms with van der Waals surface area (Å²) in [5.74, 6) is 1.08. The Hall–Kier alpha value is -3.00. The minimum atomic E-state index is 0.184. The summed E-state index contributed by atoms with van der Waals surface area (Å²) >= 11 is 1.49. The summed E-state index contributed by atoms with van der Waals surface area (Å²) in [7, 11) is 0. The smallest absolute Gasteiger partial charge is 0.236 e. The van der Waals surface area contributed by atoms with Gasteiger partial charge in [-0.1, -0.05) is 12.1 Å². The Morgan fingerprint density at radius 3 is 2.64 bits per heavy atom. The summed E-state index contributed by atoms with van der Waals surface area (Å²) in [5, 5.41) is 4.73. The number of aromatic nitrogens is 5. The highest BCUT2D eigenvalue weighted by Gasteiger charge is 2.17. The maximum Gasteiger partial charge on any atom is 0.236 e. The summed E-state index contributed by atoms with van der Waals surface area (Å²) in [6, 6.07) is 7.70. The molecule has 8 heteroatoms. The third kappa shape index (κ3) is 1.97. The van der Waals surface area contributed by atoms with E-state index >= 15 is 0 Å². The van der Waals surface area contributed by atoms with E-state index in [1.807, 2.05) is 34.2 Å². The second-order valence-corrected chi connectivity index (χ2v) is 5.18. The van der Waals surface area contributed by atoms with E-state index in [2.05, 4.69) is 25.1 Å². The van der Waals surface area contributed by atoms with Crippen LogP contribution in [0.3, 0.4) is 0 Å². The first-order chi connectivity index (χ1) is 10.9. The number of benzene rings is 1. The van der Waals surface area contributed by atoms with Crippen molar-refractivity contribution in [2.75, 3.05) is 0 Å². The second-order valence-electron chi connectivity index (χ2n) is 4.47. The van der Waals surface area contributed by atoms with E-state index in [4.69, 9.17) is 0 Å². The van der Waals surface area contributed by atoms with Crippen molar-refractivity contribution in [1.82, 2.24) is 24.5 Å². The number of fused-ring (bicyclic) bond motifs is 1. The fourth-order valence-electron chi connectivity index (χ4n) is 2.20. The first-order valence-corrected chi connectivity index (χ1v) is 7.33. The molecule has 0 unspecified atom stereocenters.